The number of thioether (sulfide) groups is 4. The second-order valence-electron chi connectivity index (χ2n) is 6.71. The van der Waals surface area contributed by atoms with Gasteiger partial charge >= 0.3 is 0 Å². The van der Waals surface area contributed by atoms with E-state index in [0.29, 0.717) is 0 Å². The minimum Gasteiger partial charge on any atom is -0.0798 e. The van der Waals surface area contributed by atoms with Crippen LogP contribution in [0, 0.1) is 0 Å². The van der Waals surface area contributed by atoms with Crippen molar-refractivity contribution in [2.75, 3.05) is 0 Å². The molecule has 4 rings (SSSR count). The SMILES string of the molecule is CCC.CCC.CCC.CCC.c1ccc2c(c1)SC(=C1Sc3ccccc3S1)S2. The molecule has 0 saturated carbocycles. The van der Waals surface area contributed by atoms with Gasteiger partial charge in [0.25, 0.3) is 0 Å². The minimum atomic E-state index is 1.25. The van der Waals surface area contributed by atoms with E-state index >= 15 is 0 Å². The normalized spacial score (nSPS) is 12.5. The molecule has 2 aliphatic heterocycles. The van der Waals surface area contributed by atoms with E-state index in [2.05, 4.69) is 104 Å². The molecule has 0 radical (unpaired) electrons. The number of fused-ring (bicyclic) bond motifs is 2. The first kappa shape index (κ1) is 29.6. The van der Waals surface area contributed by atoms with Crippen molar-refractivity contribution < 1.29 is 0 Å². The van der Waals surface area contributed by atoms with Gasteiger partial charge in [0.1, 0.15) is 0 Å². The molecule has 0 N–H and O–H groups in total. The molecule has 0 aromatic heterocycles. The van der Waals surface area contributed by atoms with E-state index in [-0.39, 0.29) is 0 Å². The first-order valence-corrected chi connectivity index (χ1v) is 14.5. The molecule has 30 heavy (non-hydrogen) atoms. The highest BCUT2D eigenvalue weighted by molar-refractivity contribution is 8.30. The van der Waals surface area contributed by atoms with Crippen LogP contribution in [0.4, 0.5) is 0 Å². The van der Waals surface area contributed by atoms with Gasteiger partial charge in [-0.3, -0.25) is 0 Å². The Balaban J connectivity index is 0.000000593. The van der Waals surface area contributed by atoms with Crippen LogP contribution in [0.2, 0.25) is 0 Å². The second kappa shape index (κ2) is 19.3. The van der Waals surface area contributed by atoms with Gasteiger partial charge in [-0.2, -0.15) is 0 Å². The summed E-state index contributed by atoms with van der Waals surface area (Å²) in [5, 5.41) is 0. The van der Waals surface area contributed by atoms with Crippen LogP contribution in [0.1, 0.15) is 81.1 Å². The summed E-state index contributed by atoms with van der Waals surface area (Å²) in [5.74, 6) is 0. The third-order valence-corrected chi connectivity index (χ3v) is 8.31. The maximum Gasteiger partial charge on any atom is 0.0706 e. The number of benzene rings is 2. The van der Waals surface area contributed by atoms with E-state index in [1.165, 1.54) is 53.7 Å². The molecule has 0 bridgehead atoms. The molecule has 2 aliphatic rings. The first-order chi connectivity index (χ1) is 14.6. The molecule has 0 fully saturated rings. The predicted molar refractivity (Wildman–Crippen MR) is 147 cm³/mol. The van der Waals surface area contributed by atoms with Crippen LogP contribution in [-0.4, -0.2) is 0 Å². The molecule has 0 saturated heterocycles. The summed E-state index contributed by atoms with van der Waals surface area (Å²) < 4.78 is 2.87. The van der Waals surface area contributed by atoms with Crippen molar-refractivity contribution in [1.29, 1.82) is 0 Å². The van der Waals surface area contributed by atoms with Gasteiger partial charge in [-0.1, -0.05) is 152 Å². The Kier molecular flexibility index (Phi) is 19.0. The Morgan fingerprint density at radius 1 is 0.400 bits per heavy atom. The number of hydrogen-bond acceptors (Lipinski definition) is 4. The molecule has 0 atom stereocenters. The molecule has 0 spiro atoms. The summed E-state index contributed by atoms with van der Waals surface area (Å²) in [6.45, 7) is 17.0. The summed E-state index contributed by atoms with van der Waals surface area (Å²) in [4.78, 5) is 5.56. The second-order valence-corrected chi connectivity index (χ2v) is 11.4. The Morgan fingerprint density at radius 2 is 0.567 bits per heavy atom. The van der Waals surface area contributed by atoms with E-state index in [4.69, 9.17) is 0 Å². The van der Waals surface area contributed by atoms with Crippen molar-refractivity contribution in [3.05, 3.63) is 57.0 Å². The Labute approximate surface area is 203 Å². The highest BCUT2D eigenvalue weighted by Crippen LogP contribution is 2.61. The van der Waals surface area contributed by atoms with Crippen molar-refractivity contribution in [2.24, 2.45) is 0 Å². The average Bonchev–Trinajstić information content (AvgIpc) is 3.34. The monoisotopic (exact) mass is 480 g/mol. The van der Waals surface area contributed by atoms with Crippen LogP contribution >= 0.6 is 47.0 Å². The van der Waals surface area contributed by atoms with Gasteiger partial charge in [-0.25, -0.2) is 0 Å². The van der Waals surface area contributed by atoms with Crippen molar-refractivity contribution in [3.63, 3.8) is 0 Å². The predicted octanol–water partition coefficient (Wildman–Crippen LogP) is 11.6. The van der Waals surface area contributed by atoms with Crippen molar-refractivity contribution in [3.8, 4) is 0 Å². The zero-order valence-electron chi connectivity index (χ0n) is 20.1. The van der Waals surface area contributed by atoms with E-state index < -0.39 is 0 Å². The van der Waals surface area contributed by atoms with Crippen LogP contribution in [0.3, 0.4) is 0 Å². The summed E-state index contributed by atoms with van der Waals surface area (Å²) >= 11 is 7.62. The maximum atomic E-state index is 2.21. The lowest BCUT2D eigenvalue weighted by Crippen LogP contribution is -1.65. The van der Waals surface area contributed by atoms with Crippen LogP contribution in [0.15, 0.2) is 76.6 Å². The molecule has 0 amide bonds. The zero-order valence-corrected chi connectivity index (χ0v) is 23.3. The van der Waals surface area contributed by atoms with Gasteiger partial charge in [0.05, 0.1) is 8.47 Å². The molecule has 0 nitrogen and oxygen atoms in total. The van der Waals surface area contributed by atoms with E-state index in [1.54, 1.807) is 0 Å². The quantitative estimate of drug-likeness (QED) is 0.367. The fourth-order valence-corrected chi connectivity index (χ4v) is 7.15. The van der Waals surface area contributed by atoms with Gasteiger partial charge in [0.2, 0.25) is 0 Å². The van der Waals surface area contributed by atoms with Crippen molar-refractivity contribution >= 4 is 47.0 Å². The van der Waals surface area contributed by atoms with Gasteiger partial charge in [-0.15, -0.1) is 0 Å². The summed E-state index contributed by atoms with van der Waals surface area (Å²) in [6, 6.07) is 17.3. The first-order valence-electron chi connectivity index (χ1n) is 11.2. The maximum absolute atomic E-state index is 2.21. The molecular weight excluding hydrogens is 441 g/mol. The van der Waals surface area contributed by atoms with Gasteiger partial charge < -0.3 is 0 Å². The lowest BCUT2D eigenvalue weighted by Gasteiger charge is -1.98. The highest BCUT2D eigenvalue weighted by Gasteiger charge is 2.26. The molecular formula is C26H40S4. The van der Waals surface area contributed by atoms with E-state index in [1.807, 2.05) is 47.0 Å². The van der Waals surface area contributed by atoms with Crippen LogP contribution < -0.4 is 0 Å². The van der Waals surface area contributed by atoms with Gasteiger partial charge in [-0.05, 0) is 24.3 Å². The molecule has 2 aromatic rings. The van der Waals surface area contributed by atoms with E-state index in [9.17, 15) is 0 Å². The molecule has 4 heteroatoms. The van der Waals surface area contributed by atoms with Crippen LogP contribution in [-0.2, 0) is 0 Å². The fraction of sp³-hybridized carbons (Fsp3) is 0.462. The topological polar surface area (TPSA) is 0 Å². The zero-order chi connectivity index (χ0) is 22.8. The smallest absolute Gasteiger partial charge is 0.0706 e. The fourth-order valence-electron chi connectivity index (χ4n) is 1.85. The molecule has 0 aliphatic carbocycles. The van der Waals surface area contributed by atoms with Gasteiger partial charge in [0, 0.05) is 19.6 Å². The van der Waals surface area contributed by atoms with Crippen LogP contribution in [0.5, 0.6) is 0 Å². The lowest BCUT2D eigenvalue weighted by atomic mass is 10.4. The molecule has 0 unspecified atom stereocenters. The Hall–Kier alpha value is -0.420. The standard InChI is InChI=1S/C14H8S4.4C3H8/c1-2-6-10-9(5-1)15-13(16-10)14-17-11-7-3-4-8-12(11)18-14;4*1-3-2/h1-8H;4*3H2,1-2H3. The van der Waals surface area contributed by atoms with E-state index in [0.717, 1.165) is 0 Å². The summed E-state index contributed by atoms with van der Waals surface area (Å²) in [6.07, 6.45) is 5.00. The molecule has 2 heterocycles. The third-order valence-electron chi connectivity index (χ3n) is 2.68. The van der Waals surface area contributed by atoms with Crippen molar-refractivity contribution in [2.45, 2.75) is 101 Å². The highest BCUT2D eigenvalue weighted by atomic mass is 32.2. The third kappa shape index (κ3) is 11.3. The number of rotatable bonds is 0. The number of hydrogen-bond donors (Lipinski definition) is 0. The minimum absolute atomic E-state index is 1.25. The van der Waals surface area contributed by atoms with Crippen molar-refractivity contribution in [1.82, 2.24) is 0 Å². The molecule has 168 valence electrons. The lowest BCUT2D eigenvalue weighted by molar-refractivity contribution is 1.09. The Bertz CT molecular complexity index is 603. The van der Waals surface area contributed by atoms with Gasteiger partial charge in [0.15, 0.2) is 0 Å². The molecule has 2 aromatic carbocycles. The average molecular weight is 481 g/mol. The Morgan fingerprint density at radius 3 is 0.733 bits per heavy atom. The largest absolute Gasteiger partial charge is 0.0798 e. The van der Waals surface area contributed by atoms with Crippen LogP contribution in [0.25, 0.3) is 0 Å². The summed E-state index contributed by atoms with van der Waals surface area (Å²) in [7, 11) is 0. The summed E-state index contributed by atoms with van der Waals surface area (Å²) in [5.41, 5.74) is 0.